The molecule has 0 aromatic heterocycles. The summed E-state index contributed by atoms with van der Waals surface area (Å²) in [6.07, 6.45) is -3.14. The topological polar surface area (TPSA) is 130 Å². The zero-order valence-electron chi connectivity index (χ0n) is 16.4. The number of carbonyl (C=O) groups excluding carboxylic acids is 2. The lowest BCUT2D eigenvalue weighted by Gasteiger charge is -2.32. The van der Waals surface area contributed by atoms with Gasteiger partial charge in [0.25, 0.3) is 18.2 Å². The molecule has 0 radical (unpaired) electrons. The third-order valence-electron chi connectivity index (χ3n) is 4.27. The van der Waals surface area contributed by atoms with Crippen LogP contribution in [0, 0.1) is 23.7 Å². The molecular weight excluding hydrogens is 406 g/mol. The van der Waals surface area contributed by atoms with Gasteiger partial charge in [0.1, 0.15) is 11.6 Å². The summed E-state index contributed by atoms with van der Waals surface area (Å²) in [5.74, 6) is 8.94. The van der Waals surface area contributed by atoms with Crippen LogP contribution in [0.5, 0.6) is 0 Å². The predicted octanol–water partition coefficient (Wildman–Crippen LogP) is 1.26. The maximum atomic E-state index is 13.2. The number of amides is 2. The summed E-state index contributed by atoms with van der Waals surface area (Å²) in [6.45, 7) is 0.891. The summed E-state index contributed by atoms with van der Waals surface area (Å²) in [4.78, 5) is 24.1. The molecule has 7 N–H and O–H groups in total. The number of hydrogen-bond donors (Lipinski definition) is 5. The number of benzene rings is 2. The minimum Gasteiger partial charge on any atom is -0.399 e. The van der Waals surface area contributed by atoms with E-state index < -0.39 is 29.8 Å². The Bertz CT molecular complexity index is 1060. The zero-order chi connectivity index (χ0) is 23.0. The van der Waals surface area contributed by atoms with E-state index in [4.69, 9.17) is 16.7 Å². The molecule has 160 valence electrons. The average Bonchev–Trinajstić information content (AvgIpc) is 2.75. The highest BCUT2D eigenvalue weighted by atomic mass is 19.3. The zero-order valence-corrected chi connectivity index (χ0v) is 16.4. The number of nitrogens with one attached hydrogen (secondary N) is 2. The molecule has 0 aliphatic carbocycles. The number of rotatable bonds is 5. The molecule has 0 bridgehead atoms. The molecule has 0 aliphatic heterocycles. The smallest absolute Gasteiger partial charge is 0.268 e. The van der Waals surface area contributed by atoms with Gasteiger partial charge in [0.15, 0.2) is 0 Å². The summed E-state index contributed by atoms with van der Waals surface area (Å²) in [7, 11) is 0. The first kappa shape index (κ1) is 23.4. The molecule has 9 heteroatoms. The molecular formula is C22H20F2N4O3. The van der Waals surface area contributed by atoms with Crippen LogP contribution in [0.25, 0.3) is 0 Å². The van der Waals surface area contributed by atoms with Gasteiger partial charge in [0.05, 0.1) is 0 Å². The summed E-state index contributed by atoms with van der Waals surface area (Å²) < 4.78 is 26.3. The van der Waals surface area contributed by atoms with E-state index in [2.05, 4.69) is 29.0 Å². The van der Waals surface area contributed by atoms with E-state index >= 15 is 0 Å². The van der Waals surface area contributed by atoms with Crippen molar-refractivity contribution in [3.05, 3.63) is 65.2 Å². The molecule has 0 saturated carbocycles. The fourth-order valence-electron chi connectivity index (χ4n) is 2.39. The molecule has 0 saturated heterocycles. The van der Waals surface area contributed by atoms with Crippen LogP contribution in [0.3, 0.4) is 0 Å². The molecule has 0 heterocycles. The first-order valence-corrected chi connectivity index (χ1v) is 8.94. The average molecular weight is 426 g/mol. The molecule has 7 nitrogen and oxygen atoms in total. The van der Waals surface area contributed by atoms with Gasteiger partial charge in [-0.05, 0) is 67.3 Å². The highest BCUT2D eigenvalue weighted by molar-refractivity contribution is 5.98. The Labute approximate surface area is 177 Å². The van der Waals surface area contributed by atoms with E-state index in [9.17, 15) is 18.4 Å². The highest BCUT2D eigenvalue weighted by Crippen LogP contribution is 2.18. The van der Waals surface area contributed by atoms with E-state index in [0.717, 1.165) is 12.5 Å². The second kappa shape index (κ2) is 10.2. The van der Waals surface area contributed by atoms with Gasteiger partial charge < -0.3 is 16.8 Å². The number of alkyl halides is 2. The molecule has 2 rings (SSSR count). The van der Waals surface area contributed by atoms with Crippen LogP contribution in [-0.2, 0) is 4.79 Å². The molecule has 31 heavy (non-hydrogen) atoms. The van der Waals surface area contributed by atoms with Crippen molar-refractivity contribution in [2.24, 2.45) is 5.73 Å². The molecule has 0 fully saturated rings. The third kappa shape index (κ3) is 6.28. The van der Waals surface area contributed by atoms with Gasteiger partial charge in [-0.15, -0.1) is 0 Å². The minimum atomic E-state index is -3.14. The number of carbonyl (C=O) groups is 2. The summed E-state index contributed by atoms with van der Waals surface area (Å²) in [5.41, 5.74) is 11.9. The number of halogens is 2. The van der Waals surface area contributed by atoms with Crippen LogP contribution in [0.1, 0.15) is 28.4 Å². The Morgan fingerprint density at radius 1 is 1.00 bits per heavy atom. The van der Waals surface area contributed by atoms with Gasteiger partial charge in [0, 0.05) is 22.4 Å². The molecule has 0 aliphatic rings. The lowest BCUT2D eigenvalue weighted by atomic mass is 9.92. The number of hydrogen-bond acceptors (Lipinski definition) is 5. The van der Waals surface area contributed by atoms with Gasteiger partial charge in [-0.2, -0.15) is 0 Å². The first-order valence-electron chi connectivity index (χ1n) is 8.94. The van der Waals surface area contributed by atoms with Crippen molar-refractivity contribution in [2.45, 2.75) is 24.9 Å². The van der Waals surface area contributed by atoms with Gasteiger partial charge in [-0.25, -0.2) is 14.3 Å². The summed E-state index contributed by atoms with van der Waals surface area (Å²) >= 11 is 0. The van der Waals surface area contributed by atoms with Gasteiger partial charge in [-0.1, -0.05) is 11.8 Å². The summed E-state index contributed by atoms with van der Waals surface area (Å²) in [6, 6.07) is 11.0. The normalized spacial score (nSPS) is 13.0. The van der Waals surface area contributed by atoms with Gasteiger partial charge in [-0.3, -0.25) is 14.8 Å². The fraction of sp³-hybridized carbons (Fsp3) is 0.182. The quantitative estimate of drug-likeness (QED) is 0.213. The Hall–Kier alpha value is -3.92. The second-order valence-electron chi connectivity index (χ2n) is 6.75. The second-order valence-corrected chi connectivity index (χ2v) is 6.75. The van der Waals surface area contributed by atoms with Crippen LogP contribution < -0.4 is 22.3 Å². The van der Waals surface area contributed by atoms with E-state index in [1.165, 1.54) is 29.7 Å². The first-order chi connectivity index (χ1) is 14.6. The van der Waals surface area contributed by atoms with Crippen molar-refractivity contribution in [3.8, 4) is 23.7 Å². The van der Waals surface area contributed by atoms with Crippen molar-refractivity contribution in [1.82, 2.24) is 10.8 Å². The Balaban J connectivity index is 2.10. The Morgan fingerprint density at radius 3 is 1.94 bits per heavy atom. The van der Waals surface area contributed by atoms with Crippen LogP contribution in [0.15, 0.2) is 48.5 Å². The maximum absolute atomic E-state index is 13.2. The van der Waals surface area contributed by atoms with Crippen LogP contribution in [0.4, 0.5) is 14.5 Å². The van der Waals surface area contributed by atoms with Crippen molar-refractivity contribution >= 4 is 17.5 Å². The Morgan fingerprint density at radius 2 is 1.48 bits per heavy atom. The van der Waals surface area contributed by atoms with Gasteiger partial charge in [0.2, 0.25) is 0 Å². The van der Waals surface area contributed by atoms with E-state index in [-0.39, 0.29) is 5.56 Å². The molecule has 2 aromatic rings. The Kier molecular flexibility index (Phi) is 7.70. The SMILES string of the molecule is CC(N)(C(F)F)C(NC(=O)c1ccc(C#CC#Cc2ccc(N)cc2)cc1)C(=O)NO. The highest BCUT2D eigenvalue weighted by Gasteiger charge is 2.44. The van der Waals surface area contributed by atoms with E-state index in [1.807, 2.05) is 0 Å². The van der Waals surface area contributed by atoms with Crippen molar-refractivity contribution in [1.29, 1.82) is 0 Å². The lowest BCUT2D eigenvalue weighted by molar-refractivity contribution is -0.134. The number of hydroxylamine groups is 1. The number of nitrogens with two attached hydrogens (primary N) is 2. The standard InChI is InChI=1S/C22H20F2N4O3/c1-22(26,21(23)24)18(20(30)28-31)27-19(29)16-10-6-14(7-11-16)4-2-3-5-15-8-12-17(25)13-9-15/h6-13,18,21,31H,25-26H2,1H3,(H,27,29)(H,28,30). The minimum absolute atomic E-state index is 0.0827. The predicted molar refractivity (Wildman–Crippen MR) is 111 cm³/mol. The van der Waals surface area contributed by atoms with E-state index in [1.54, 1.807) is 24.3 Å². The third-order valence-corrected chi connectivity index (χ3v) is 4.27. The number of anilines is 1. The lowest BCUT2D eigenvalue weighted by Crippen LogP contribution is -2.66. The maximum Gasteiger partial charge on any atom is 0.268 e. The fourth-order valence-corrected chi connectivity index (χ4v) is 2.39. The van der Waals surface area contributed by atoms with Crippen molar-refractivity contribution in [3.63, 3.8) is 0 Å². The van der Waals surface area contributed by atoms with E-state index in [0.29, 0.717) is 11.3 Å². The summed E-state index contributed by atoms with van der Waals surface area (Å²) in [5, 5.41) is 10.9. The number of nitrogen functional groups attached to an aromatic ring is 1. The van der Waals surface area contributed by atoms with Crippen molar-refractivity contribution < 1.29 is 23.6 Å². The van der Waals surface area contributed by atoms with Gasteiger partial charge >= 0.3 is 0 Å². The molecule has 2 amide bonds. The monoisotopic (exact) mass is 426 g/mol. The largest absolute Gasteiger partial charge is 0.399 e. The van der Waals surface area contributed by atoms with Crippen LogP contribution >= 0.6 is 0 Å². The molecule has 2 atom stereocenters. The van der Waals surface area contributed by atoms with Crippen LogP contribution in [-0.4, -0.2) is 35.0 Å². The molecule has 2 aromatic carbocycles. The van der Waals surface area contributed by atoms with Crippen LogP contribution in [0.2, 0.25) is 0 Å². The molecule has 2 unspecified atom stereocenters. The van der Waals surface area contributed by atoms with Crippen molar-refractivity contribution in [2.75, 3.05) is 5.73 Å². The molecule has 0 spiro atoms.